The highest BCUT2D eigenvalue weighted by Crippen LogP contribution is 2.32. The number of rotatable bonds is 7. The van der Waals surface area contributed by atoms with Gasteiger partial charge in [0.05, 0.1) is 16.4 Å². The van der Waals surface area contributed by atoms with E-state index in [-0.39, 0.29) is 4.90 Å². The number of carbonyl (C=O) groups is 1. The van der Waals surface area contributed by atoms with E-state index in [1.54, 1.807) is 18.2 Å². The van der Waals surface area contributed by atoms with Gasteiger partial charge in [-0.1, -0.05) is 13.0 Å². The number of nitrogens with zero attached hydrogens (tertiary/aromatic N) is 1. The fourth-order valence-electron chi connectivity index (χ4n) is 2.71. The van der Waals surface area contributed by atoms with Crippen LogP contribution in [0.2, 0.25) is 0 Å². The van der Waals surface area contributed by atoms with Crippen LogP contribution in [0.4, 0.5) is 5.69 Å². The molecule has 0 saturated heterocycles. The van der Waals surface area contributed by atoms with E-state index < -0.39 is 15.9 Å². The summed E-state index contributed by atoms with van der Waals surface area (Å²) in [4.78, 5) is 14.9. The molecule has 0 unspecified atom stereocenters. The lowest BCUT2D eigenvalue weighted by atomic mass is 10.2. The van der Waals surface area contributed by atoms with Crippen LogP contribution in [0.25, 0.3) is 10.1 Å². The number of nitrogens with one attached hydrogen (secondary N) is 1. The van der Waals surface area contributed by atoms with Gasteiger partial charge in [0, 0.05) is 29.9 Å². The van der Waals surface area contributed by atoms with Crippen molar-refractivity contribution >= 4 is 43.0 Å². The predicted molar refractivity (Wildman–Crippen MR) is 113 cm³/mol. The molecular weight excluding hydrogens is 396 g/mol. The third-order valence-electron chi connectivity index (χ3n) is 4.08. The van der Waals surface area contributed by atoms with Crippen LogP contribution in [-0.2, 0) is 10.0 Å². The van der Waals surface area contributed by atoms with Crippen LogP contribution in [0.5, 0.6) is 5.75 Å². The fourth-order valence-corrected chi connectivity index (χ4v) is 4.72. The first kappa shape index (κ1) is 20.2. The van der Waals surface area contributed by atoms with Gasteiger partial charge in [-0.15, -0.1) is 11.3 Å². The maximum Gasteiger partial charge on any atom is 0.275 e. The number of benzene rings is 2. The van der Waals surface area contributed by atoms with E-state index in [1.807, 2.05) is 44.1 Å². The van der Waals surface area contributed by atoms with Gasteiger partial charge in [-0.25, -0.2) is 13.1 Å². The van der Waals surface area contributed by atoms with Crippen LogP contribution in [0.3, 0.4) is 0 Å². The van der Waals surface area contributed by atoms with E-state index in [0.717, 1.165) is 22.2 Å². The molecule has 148 valence electrons. The average Bonchev–Trinajstić information content (AvgIpc) is 3.10. The monoisotopic (exact) mass is 418 g/mol. The highest BCUT2D eigenvalue weighted by molar-refractivity contribution is 7.90. The van der Waals surface area contributed by atoms with E-state index >= 15 is 0 Å². The first-order valence-corrected chi connectivity index (χ1v) is 11.1. The molecule has 1 amide bonds. The molecule has 3 rings (SSSR count). The Morgan fingerprint density at radius 1 is 1.14 bits per heavy atom. The van der Waals surface area contributed by atoms with Crippen LogP contribution in [0.15, 0.2) is 53.4 Å². The lowest BCUT2D eigenvalue weighted by Crippen LogP contribution is -2.29. The molecule has 1 aromatic heterocycles. The number of hydrogen-bond acceptors (Lipinski definition) is 6. The molecule has 0 radical (unpaired) electrons. The van der Waals surface area contributed by atoms with Gasteiger partial charge in [-0.3, -0.25) is 4.79 Å². The number of fused-ring (bicyclic) bond motifs is 1. The van der Waals surface area contributed by atoms with Gasteiger partial charge in [0.2, 0.25) is 0 Å². The number of anilines is 1. The number of ether oxygens (including phenoxy) is 1. The van der Waals surface area contributed by atoms with Gasteiger partial charge in [-0.2, -0.15) is 0 Å². The maximum atomic E-state index is 12.6. The topological polar surface area (TPSA) is 75.7 Å². The fraction of sp³-hybridized carbons (Fsp3) is 0.250. The Labute approximate surface area is 168 Å². The second-order valence-electron chi connectivity index (χ2n) is 6.45. The molecule has 28 heavy (non-hydrogen) atoms. The van der Waals surface area contributed by atoms with Gasteiger partial charge in [0.25, 0.3) is 15.9 Å². The highest BCUT2D eigenvalue weighted by atomic mass is 32.2. The maximum absolute atomic E-state index is 12.6. The molecule has 3 aromatic rings. The summed E-state index contributed by atoms with van der Waals surface area (Å²) in [6.07, 6.45) is 0.862. The van der Waals surface area contributed by atoms with Crippen molar-refractivity contribution < 1.29 is 17.9 Å². The Morgan fingerprint density at radius 3 is 2.50 bits per heavy atom. The normalized spacial score (nSPS) is 11.4. The molecule has 0 bridgehead atoms. The molecule has 1 N–H and O–H groups in total. The summed E-state index contributed by atoms with van der Waals surface area (Å²) >= 11 is 1.26. The van der Waals surface area contributed by atoms with Crippen molar-refractivity contribution in [2.24, 2.45) is 0 Å². The second-order valence-corrected chi connectivity index (χ2v) is 9.21. The third kappa shape index (κ3) is 4.28. The number of thiophene rings is 1. The molecule has 0 aliphatic carbocycles. The molecular formula is C20H22N2O4S2. The smallest absolute Gasteiger partial charge is 0.275 e. The van der Waals surface area contributed by atoms with Crippen LogP contribution in [0.1, 0.15) is 23.0 Å². The molecule has 1 heterocycles. The number of amides is 1. The highest BCUT2D eigenvalue weighted by Gasteiger charge is 2.21. The van der Waals surface area contributed by atoms with Crippen molar-refractivity contribution in [2.75, 3.05) is 25.6 Å². The number of sulfonamides is 1. The van der Waals surface area contributed by atoms with Crippen LogP contribution >= 0.6 is 11.3 Å². The Balaban J connectivity index is 1.81. The Morgan fingerprint density at radius 2 is 1.86 bits per heavy atom. The molecule has 2 aromatic carbocycles. The van der Waals surface area contributed by atoms with Crippen molar-refractivity contribution in [3.05, 3.63) is 53.4 Å². The quantitative estimate of drug-likeness (QED) is 0.630. The van der Waals surface area contributed by atoms with Crippen LogP contribution in [-0.4, -0.2) is 35.0 Å². The Kier molecular flexibility index (Phi) is 5.90. The molecule has 0 fully saturated rings. The zero-order valence-electron chi connectivity index (χ0n) is 15.9. The average molecular weight is 419 g/mol. The zero-order valence-corrected chi connectivity index (χ0v) is 17.6. The number of carbonyl (C=O) groups excluding carboxylic acids is 1. The summed E-state index contributed by atoms with van der Waals surface area (Å²) in [6.45, 7) is 2.55. The molecule has 8 heteroatoms. The van der Waals surface area contributed by atoms with Crippen molar-refractivity contribution in [1.29, 1.82) is 0 Å². The largest absolute Gasteiger partial charge is 0.494 e. The summed E-state index contributed by atoms with van der Waals surface area (Å²) in [5.74, 6) is -0.0509. The Hall–Kier alpha value is -2.58. The molecule has 0 aliphatic rings. The zero-order chi connectivity index (χ0) is 20.3. The summed E-state index contributed by atoms with van der Waals surface area (Å²) < 4.78 is 33.6. The van der Waals surface area contributed by atoms with Gasteiger partial charge in [0.15, 0.2) is 0 Å². The first-order chi connectivity index (χ1) is 13.3. The van der Waals surface area contributed by atoms with Gasteiger partial charge >= 0.3 is 0 Å². The van der Waals surface area contributed by atoms with Gasteiger partial charge in [0.1, 0.15) is 5.75 Å². The van der Waals surface area contributed by atoms with E-state index in [1.165, 1.54) is 23.5 Å². The van der Waals surface area contributed by atoms with E-state index in [2.05, 4.69) is 4.72 Å². The number of hydrogen-bond donors (Lipinski definition) is 1. The van der Waals surface area contributed by atoms with Crippen LogP contribution in [0, 0.1) is 0 Å². The van der Waals surface area contributed by atoms with Crippen LogP contribution < -0.4 is 14.4 Å². The molecule has 6 nitrogen and oxygen atoms in total. The van der Waals surface area contributed by atoms with Gasteiger partial charge < -0.3 is 9.64 Å². The lowest BCUT2D eigenvalue weighted by molar-refractivity contribution is 0.0985. The molecule has 0 spiro atoms. The standard InChI is InChI=1S/C20H22N2O4S2/c1-4-12-26-14-8-10-15(11-9-14)28(24,25)21-20(23)19-13-16-17(22(2)3)6-5-7-18(16)27-19/h5-11,13H,4,12H2,1-3H3,(H,21,23). The molecule has 0 aliphatic heterocycles. The summed E-state index contributed by atoms with van der Waals surface area (Å²) in [6, 6.07) is 13.5. The minimum Gasteiger partial charge on any atom is -0.494 e. The van der Waals surface area contributed by atoms with Crippen molar-refractivity contribution in [1.82, 2.24) is 4.72 Å². The minimum absolute atomic E-state index is 0.0137. The Bertz CT molecular complexity index is 1090. The SMILES string of the molecule is CCCOc1ccc(S(=O)(=O)NC(=O)c2cc3c(N(C)C)cccc3s2)cc1. The first-order valence-electron chi connectivity index (χ1n) is 8.81. The van der Waals surface area contributed by atoms with Crippen molar-refractivity contribution in [3.8, 4) is 5.75 Å². The second kappa shape index (κ2) is 8.20. The van der Waals surface area contributed by atoms with E-state index in [0.29, 0.717) is 17.2 Å². The van der Waals surface area contributed by atoms with Crippen molar-refractivity contribution in [2.45, 2.75) is 18.2 Å². The lowest BCUT2D eigenvalue weighted by Gasteiger charge is -2.13. The minimum atomic E-state index is -3.97. The predicted octanol–water partition coefficient (Wildman–Crippen LogP) is 3.87. The van der Waals surface area contributed by atoms with Crippen molar-refractivity contribution in [3.63, 3.8) is 0 Å². The summed E-state index contributed by atoms with van der Waals surface area (Å²) in [5, 5.41) is 0.914. The molecule has 0 atom stereocenters. The summed E-state index contributed by atoms with van der Waals surface area (Å²) in [7, 11) is -0.125. The summed E-state index contributed by atoms with van der Waals surface area (Å²) in [5.41, 5.74) is 0.971. The van der Waals surface area contributed by atoms with E-state index in [4.69, 9.17) is 4.74 Å². The molecule has 0 saturated carbocycles. The van der Waals surface area contributed by atoms with E-state index in [9.17, 15) is 13.2 Å². The van der Waals surface area contributed by atoms with Gasteiger partial charge in [-0.05, 0) is 48.9 Å². The third-order valence-corrected chi connectivity index (χ3v) is 6.52.